The van der Waals surface area contributed by atoms with Crippen molar-refractivity contribution in [2.45, 2.75) is 44.4 Å². The Bertz CT molecular complexity index is 1100. The average molecular weight is 456 g/mol. The van der Waals surface area contributed by atoms with Crippen LogP contribution in [-0.2, 0) is 0 Å². The monoisotopic (exact) mass is 455 g/mol. The number of aromatic nitrogens is 5. The third kappa shape index (κ3) is 4.04. The third-order valence-corrected chi connectivity index (χ3v) is 6.19. The van der Waals surface area contributed by atoms with E-state index in [-0.39, 0.29) is 18.5 Å². The van der Waals surface area contributed by atoms with E-state index < -0.39 is 12.2 Å². The van der Waals surface area contributed by atoms with Gasteiger partial charge in [-0.2, -0.15) is 0 Å². The highest BCUT2D eigenvalue weighted by atomic mass is 35.5. The van der Waals surface area contributed by atoms with Crippen LogP contribution in [0, 0.1) is 6.92 Å². The molecule has 3 aromatic rings. The number of imidazole rings is 1. The molecule has 4 heterocycles. The van der Waals surface area contributed by atoms with Gasteiger partial charge in [-0.1, -0.05) is 11.6 Å². The van der Waals surface area contributed by atoms with E-state index in [1.807, 2.05) is 17.7 Å². The quantitative estimate of drug-likeness (QED) is 0.587. The van der Waals surface area contributed by atoms with E-state index in [0.29, 0.717) is 35.3 Å². The summed E-state index contributed by atoms with van der Waals surface area (Å²) < 4.78 is 17.2. The Morgan fingerprint density at radius 3 is 2.50 bits per heavy atom. The molecule has 1 saturated carbocycles. The van der Waals surface area contributed by atoms with Crippen molar-refractivity contribution in [1.29, 1.82) is 0 Å². The predicted molar refractivity (Wildman–Crippen MR) is 118 cm³/mol. The van der Waals surface area contributed by atoms with Crippen LogP contribution in [0.2, 0.25) is 5.02 Å². The molecule has 8 nitrogen and oxygen atoms in total. The second kappa shape index (κ2) is 8.46. The summed E-state index contributed by atoms with van der Waals surface area (Å²) in [5.74, 6) is 1.79. The van der Waals surface area contributed by atoms with E-state index in [9.17, 15) is 4.79 Å². The second-order valence-corrected chi connectivity index (χ2v) is 8.65. The van der Waals surface area contributed by atoms with Crippen LogP contribution >= 0.6 is 11.6 Å². The van der Waals surface area contributed by atoms with Crippen LogP contribution in [0.3, 0.4) is 0 Å². The summed E-state index contributed by atoms with van der Waals surface area (Å²) in [5, 5.41) is 0.439. The fourth-order valence-corrected chi connectivity index (χ4v) is 4.32. The second-order valence-electron chi connectivity index (χ2n) is 8.21. The van der Waals surface area contributed by atoms with Gasteiger partial charge in [0.1, 0.15) is 17.8 Å². The zero-order valence-electron chi connectivity index (χ0n) is 17.6. The number of carbonyl (C=O) groups excluding carboxylic acids is 1. The van der Waals surface area contributed by atoms with Gasteiger partial charge in [-0.3, -0.25) is 9.36 Å². The number of hydrogen-bond acceptors (Lipinski definition) is 6. The Hall–Kier alpha value is -3.07. The van der Waals surface area contributed by atoms with Crippen LogP contribution < -0.4 is 4.90 Å². The number of anilines is 1. The topological polar surface area (TPSA) is 80.0 Å². The first kappa shape index (κ1) is 20.8. The summed E-state index contributed by atoms with van der Waals surface area (Å²) in [5.41, 5.74) is 0.467. The number of halogens is 2. The van der Waals surface area contributed by atoms with Gasteiger partial charge in [-0.15, -0.1) is 0 Å². The number of rotatable bonds is 5. The lowest BCUT2D eigenvalue weighted by molar-refractivity contribution is 0.0486. The lowest BCUT2D eigenvalue weighted by atomic mass is 10.00. The maximum atomic E-state index is 15.3. The minimum absolute atomic E-state index is 0.0830. The number of carbonyl (C=O) groups is 1. The molecule has 32 heavy (non-hydrogen) atoms. The van der Waals surface area contributed by atoms with Crippen molar-refractivity contribution in [1.82, 2.24) is 29.4 Å². The van der Waals surface area contributed by atoms with Crippen LogP contribution in [0.15, 0.2) is 43.1 Å². The van der Waals surface area contributed by atoms with Gasteiger partial charge in [-0.25, -0.2) is 24.3 Å². The molecule has 1 amide bonds. The third-order valence-electron chi connectivity index (χ3n) is 6.00. The minimum Gasteiger partial charge on any atom is -0.338 e. The van der Waals surface area contributed by atoms with E-state index in [1.54, 1.807) is 34.3 Å². The molecule has 0 N–H and O–H groups in total. The van der Waals surface area contributed by atoms with Crippen LogP contribution in [-0.4, -0.2) is 66.7 Å². The molecule has 10 heteroatoms. The molecule has 0 aromatic carbocycles. The Labute approximate surface area is 190 Å². The van der Waals surface area contributed by atoms with Gasteiger partial charge >= 0.3 is 0 Å². The predicted octanol–water partition coefficient (Wildman–Crippen LogP) is 3.24. The van der Waals surface area contributed by atoms with Gasteiger partial charge in [0.25, 0.3) is 5.91 Å². The smallest absolute Gasteiger partial charge is 0.256 e. The number of nitrogens with zero attached hydrogens (tertiary/aromatic N) is 7. The number of piperidine rings is 1. The highest BCUT2D eigenvalue weighted by Gasteiger charge is 2.43. The van der Waals surface area contributed by atoms with Crippen LogP contribution in [0.25, 0.3) is 5.82 Å². The molecular weight excluding hydrogens is 433 g/mol. The summed E-state index contributed by atoms with van der Waals surface area (Å²) in [6, 6.07) is 3.15. The number of aryl methyl sites for hydroxylation is 1. The molecule has 166 valence electrons. The molecule has 1 aliphatic carbocycles. The van der Waals surface area contributed by atoms with Crippen molar-refractivity contribution >= 4 is 23.5 Å². The summed E-state index contributed by atoms with van der Waals surface area (Å²) in [6.07, 6.45) is 9.21. The molecular formula is C22H23ClFN7O. The van der Waals surface area contributed by atoms with Gasteiger partial charge in [0.05, 0.1) is 35.6 Å². The lowest BCUT2D eigenvalue weighted by Gasteiger charge is -2.41. The molecule has 0 radical (unpaired) electrons. The van der Waals surface area contributed by atoms with Crippen LogP contribution in [0.1, 0.15) is 35.4 Å². The average Bonchev–Trinajstić information content (AvgIpc) is 3.55. The number of alkyl halides is 1. The Morgan fingerprint density at radius 1 is 1.12 bits per heavy atom. The molecule has 0 bridgehead atoms. The summed E-state index contributed by atoms with van der Waals surface area (Å²) in [7, 11) is 0. The molecule has 3 aromatic heterocycles. The fraction of sp³-hybridized carbons (Fsp3) is 0.409. The Balaban J connectivity index is 1.32. The molecule has 0 unspecified atom stereocenters. The van der Waals surface area contributed by atoms with E-state index in [0.717, 1.165) is 18.7 Å². The first-order chi connectivity index (χ1) is 15.5. The first-order valence-corrected chi connectivity index (χ1v) is 11.0. The molecule has 2 atom stereocenters. The van der Waals surface area contributed by atoms with Gasteiger partial charge < -0.3 is 9.80 Å². The first-order valence-electron chi connectivity index (χ1n) is 10.7. The highest BCUT2D eigenvalue weighted by Crippen LogP contribution is 2.34. The van der Waals surface area contributed by atoms with Crippen molar-refractivity contribution in [3.63, 3.8) is 0 Å². The van der Waals surface area contributed by atoms with Crippen molar-refractivity contribution in [3.8, 4) is 5.82 Å². The molecule has 5 rings (SSSR count). The van der Waals surface area contributed by atoms with Crippen molar-refractivity contribution in [2.75, 3.05) is 18.0 Å². The maximum Gasteiger partial charge on any atom is 0.256 e. The largest absolute Gasteiger partial charge is 0.338 e. The molecule has 0 spiro atoms. The Kier molecular flexibility index (Phi) is 5.50. The SMILES string of the molecule is Cc1nccn1-c1ccc(C(=O)N(C2CC2)[C@@H]2CCN(c3ncc(Cl)cn3)C[C@@H]2F)cn1. The zero-order valence-corrected chi connectivity index (χ0v) is 18.4. The van der Waals surface area contributed by atoms with Gasteiger partial charge in [-0.05, 0) is 38.3 Å². The van der Waals surface area contributed by atoms with Crippen molar-refractivity contribution in [3.05, 3.63) is 59.5 Å². The van der Waals surface area contributed by atoms with E-state index in [1.165, 1.54) is 12.4 Å². The van der Waals surface area contributed by atoms with Gasteiger partial charge in [0, 0.05) is 31.2 Å². The van der Waals surface area contributed by atoms with Crippen molar-refractivity contribution < 1.29 is 9.18 Å². The summed E-state index contributed by atoms with van der Waals surface area (Å²) in [4.78, 5) is 33.9. The summed E-state index contributed by atoms with van der Waals surface area (Å²) >= 11 is 5.85. The zero-order chi connectivity index (χ0) is 22.2. The number of pyridine rings is 1. The van der Waals surface area contributed by atoms with Gasteiger partial charge in [0.2, 0.25) is 5.95 Å². The standard InChI is InChI=1S/C22H23ClFN7O/c1-14-25-7-9-30(14)20-5-2-15(10-26-20)21(32)31(17-3-4-17)19-6-8-29(13-18(19)24)22-27-11-16(23)12-28-22/h2,5,7,9-12,17-19H,3-4,6,8,13H2,1H3/t18-,19+/m0/s1. The maximum absolute atomic E-state index is 15.3. The van der Waals surface area contributed by atoms with Gasteiger partial charge in [0.15, 0.2) is 0 Å². The van der Waals surface area contributed by atoms with E-state index in [4.69, 9.17) is 11.6 Å². The van der Waals surface area contributed by atoms with Crippen molar-refractivity contribution in [2.24, 2.45) is 0 Å². The summed E-state index contributed by atoms with van der Waals surface area (Å²) in [6.45, 7) is 2.60. The molecule has 2 fully saturated rings. The van der Waals surface area contributed by atoms with E-state index in [2.05, 4.69) is 19.9 Å². The molecule has 1 saturated heterocycles. The lowest BCUT2D eigenvalue weighted by Crippen LogP contribution is -2.55. The molecule has 2 aliphatic rings. The van der Waals surface area contributed by atoms with Crippen LogP contribution in [0.4, 0.5) is 10.3 Å². The molecule has 1 aliphatic heterocycles. The number of hydrogen-bond donors (Lipinski definition) is 0. The van der Waals surface area contributed by atoms with E-state index >= 15 is 4.39 Å². The fourth-order valence-electron chi connectivity index (χ4n) is 4.22. The minimum atomic E-state index is -1.20. The Morgan fingerprint density at radius 2 is 1.91 bits per heavy atom. The van der Waals surface area contributed by atoms with Crippen LogP contribution in [0.5, 0.6) is 0 Å². The normalized spacial score (nSPS) is 20.9. The number of amides is 1. The highest BCUT2D eigenvalue weighted by molar-refractivity contribution is 6.30.